The normalized spacial score (nSPS) is 16.4. The minimum atomic E-state index is -4.24. The number of hydrogen-bond acceptors (Lipinski definition) is 0. The maximum atomic E-state index is 12.6. The van der Waals surface area contributed by atoms with Gasteiger partial charge in [-0.25, -0.2) is 0 Å². The molecular formula is C13H10ClF3. The molecule has 2 rings (SSSR count). The molecule has 1 aromatic rings. The highest BCUT2D eigenvalue weighted by Crippen LogP contribution is 2.40. The van der Waals surface area contributed by atoms with E-state index < -0.39 is 11.7 Å². The molecule has 90 valence electrons. The van der Waals surface area contributed by atoms with Gasteiger partial charge >= 0.3 is 6.18 Å². The van der Waals surface area contributed by atoms with Crippen molar-refractivity contribution in [2.45, 2.75) is 19.5 Å². The van der Waals surface area contributed by atoms with Gasteiger partial charge in [0.1, 0.15) is 0 Å². The van der Waals surface area contributed by atoms with Gasteiger partial charge in [-0.15, -0.1) is 0 Å². The monoisotopic (exact) mass is 258 g/mol. The fourth-order valence-corrected chi connectivity index (χ4v) is 2.00. The second-order valence-electron chi connectivity index (χ2n) is 4.05. The van der Waals surface area contributed by atoms with Crippen LogP contribution in [0.1, 0.15) is 18.9 Å². The van der Waals surface area contributed by atoms with E-state index in [1.54, 1.807) is 31.2 Å². The number of allylic oxidation sites excluding steroid dienone is 4. The Morgan fingerprint density at radius 3 is 2.18 bits per heavy atom. The average molecular weight is 259 g/mol. The molecule has 1 aliphatic carbocycles. The van der Waals surface area contributed by atoms with Gasteiger partial charge < -0.3 is 0 Å². The van der Waals surface area contributed by atoms with E-state index in [9.17, 15) is 13.2 Å². The molecule has 0 unspecified atom stereocenters. The molecule has 0 saturated carbocycles. The van der Waals surface area contributed by atoms with Gasteiger partial charge in [-0.05, 0) is 42.7 Å². The summed E-state index contributed by atoms with van der Waals surface area (Å²) in [5.41, 5.74) is 1.67. The lowest BCUT2D eigenvalue weighted by Crippen LogP contribution is -2.10. The summed E-state index contributed by atoms with van der Waals surface area (Å²) >= 11 is 5.74. The molecular weight excluding hydrogens is 249 g/mol. The molecule has 1 aliphatic rings. The predicted molar refractivity (Wildman–Crippen MR) is 62.8 cm³/mol. The molecule has 0 spiro atoms. The fraction of sp³-hybridized carbons (Fsp3) is 0.231. The van der Waals surface area contributed by atoms with E-state index in [0.717, 1.165) is 11.1 Å². The van der Waals surface area contributed by atoms with E-state index >= 15 is 0 Å². The second kappa shape index (κ2) is 4.22. The molecule has 0 radical (unpaired) electrons. The molecule has 0 atom stereocenters. The van der Waals surface area contributed by atoms with E-state index in [2.05, 4.69) is 0 Å². The van der Waals surface area contributed by atoms with Crippen LogP contribution in [0.25, 0.3) is 5.57 Å². The van der Waals surface area contributed by atoms with Crippen LogP contribution in [0.3, 0.4) is 0 Å². The molecule has 0 nitrogen and oxygen atoms in total. The number of alkyl halides is 3. The zero-order valence-electron chi connectivity index (χ0n) is 9.11. The highest BCUT2D eigenvalue weighted by atomic mass is 35.5. The highest BCUT2D eigenvalue weighted by molar-refractivity contribution is 6.30. The van der Waals surface area contributed by atoms with E-state index in [0.29, 0.717) is 10.6 Å². The lowest BCUT2D eigenvalue weighted by atomic mass is 10.0. The van der Waals surface area contributed by atoms with E-state index in [1.807, 2.05) is 0 Å². The zero-order chi connectivity index (χ0) is 12.6. The van der Waals surface area contributed by atoms with Gasteiger partial charge in [0.05, 0.1) is 0 Å². The van der Waals surface area contributed by atoms with Crippen LogP contribution < -0.4 is 0 Å². The summed E-state index contributed by atoms with van der Waals surface area (Å²) < 4.78 is 37.7. The third-order valence-electron chi connectivity index (χ3n) is 2.75. The predicted octanol–water partition coefficient (Wildman–Crippen LogP) is 5.01. The number of hydrogen-bond donors (Lipinski definition) is 0. The topological polar surface area (TPSA) is 0 Å². The van der Waals surface area contributed by atoms with Gasteiger partial charge in [-0.2, -0.15) is 13.2 Å². The van der Waals surface area contributed by atoms with E-state index in [1.165, 1.54) is 6.08 Å². The summed E-state index contributed by atoms with van der Waals surface area (Å²) in [7, 11) is 0. The third-order valence-corrected chi connectivity index (χ3v) is 3.01. The fourth-order valence-electron chi connectivity index (χ4n) is 1.87. The molecule has 1 aromatic carbocycles. The SMILES string of the molecule is CC1=C(c2ccc(Cl)cc2)C=C(C(F)(F)F)C1. The highest BCUT2D eigenvalue weighted by Gasteiger charge is 2.36. The van der Waals surface area contributed by atoms with Crippen LogP contribution in [0, 0.1) is 0 Å². The summed E-state index contributed by atoms with van der Waals surface area (Å²) in [5.74, 6) is 0. The van der Waals surface area contributed by atoms with Gasteiger partial charge in [0.15, 0.2) is 0 Å². The maximum Gasteiger partial charge on any atom is 0.413 e. The zero-order valence-corrected chi connectivity index (χ0v) is 9.86. The quantitative estimate of drug-likeness (QED) is 0.664. The van der Waals surface area contributed by atoms with Crippen molar-refractivity contribution in [3.63, 3.8) is 0 Å². The minimum Gasteiger partial charge on any atom is -0.166 e. The molecule has 0 amide bonds. The van der Waals surface area contributed by atoms with Crippen molar-refractivity contribution in [1.82, 2.24) is 0 Å². The molecule has 0 fully saturated rings. The minimum absolute atomic E-state index is 0.0263. The first kappa shape index (κ1) is 12.2. The Labute approximate surface area is 102 Å². The Hall–Kier alpha value is -1.22. The van der Waals surface area contributed by atoms with Crippen molar-refractivity contribution in [3.8, 4) is 0 Å². The third kappa shape index (κ3) is 2.55. The van der Waals surface area contributed by atoms with Crippen LogP contribution in [0.15, 0.2) is 41.5 Å². The van der Waals surface area contributed by atoms with Crippen molar-refractivity contribution >= 4 is 17.2 Å². The molecule has 17 heavy (non-hydrogen) atoms. The Bertz CT molecular complexity index is 492. The van der Waals surface area contributed by atoms with Gasteiger partial charge in [0.2, 0.25) is 0 Å². The van der Waals surface area contributed by atoms with Crippen molar-refractivity contribution < 1.29 is 13.2 Å². The van der Waals surface area contributed by atoms with Crippen LogP contribution >= 0.6 is 11.6 Å². The molecule has 0 N–H and O–H groups in total. The first-order valence-electron chi connectivity index (χ1n) is 5.11. The van der Waals surface area contributed by atoms with E-state index in [-0.39, 0.29) is 6.42 Å². The molecule has 0 saturated heterocycles. The van der Waals surface area contributed by atoms with Crippen molar-refractivity contribution in [2.24, 2.45) is 0 Å². The number of benzene rings is 1. The van der Waals surface area contributed by atoms with Gasteiger partial charge in [-0.3, -0.25) is 0 Å². The Kier molecular flexibility index (Phi) is 3.04. The van der Waals surface area contributed by atoms with Crippen LogP contribution in [-0.2, 0) is 0 Å². The average Bonchev–Trinajstić information content (AvgIpc) is 2.61. The summed E-state index contributed by atoms with van der Waals surface area (Å²) in [4.78, 5) is 0. The standard InChI is InChI=1S/C13H10ClF3/c1-8-6-10(13(15,16)17)7-12(8)9-2-4-11(14)5-3-9/h2-5,7H,6H2,1H3. The molecule has 0 heterocycles. The molecule has 0 bridgehead atoms. The Morgan fingerprint density at radius 1 is 1.12 bits per heavy atom. The number of rotatable bonds is 1. The van der Waals surface area contributed by atoms with Gasteiger partial charge in [-0.1, -0.05) is 29.3 Å². The van der Waals surface area contributed by atoms with Crippen LogP contribution in [0.4, 0.5) is 13.2 Å². The van der Waals surface area contributed by atoms with E-state index in [4.69, 9.17) is 11.6 Å². The van der Waals surface area contributed by atoms with Crippen LogP contribution in [0.2, 0.25) is 5.02 Å². The summed E-state index contributed by atoms with van der Waals surface area (Å²) in [6.45, 7) is 1.72. The molecule has 0 aromatic heterocycles. The van der Waals surface area contributed by atoms with Crippen molar-refractivity contribution in [2.75, 3.05) is 0 Å². The summed E-state index contributed by atoms with van der Waals surface area (Å²) in [6.07, 6.45) is -3.05. The van der Waals surface area contributed by atoms with Crippen LogP contribution in [-0.4, -0.2) is 6.18 Å². The maximum absolute atomic E-state index is 12.6. The molecule has 0 aliphatic heterocycles. The van der Waals surface area contributed by atoms with Gasteiger partial charge in [0, 0.05) is 10.6 Å². The second-order valence-corrected chi connectivity index (χ2v) is 4.48. The first-order chi connectivity index (χ1) is 7.88. The first-order valence-corrected chi connectivity index (χ1v) is 5.49. The largest absolute Gasteiger partial charge is 0.413 e. The van der Waals surface area contributed by atoms with Gasteiger partial charge in [0.25, 0.3) is 0 Å². The summed E-state index contributed by atoms with van der Waals surface area (Å²) in [6, 6.07) is 6.82. The number of halogens is 4. The lowest BCUT2D eigenvalue weighted by molar-refractivity contribution is -0.0927. The van der Waals surface area contributed by atoms with Crippen molar-refractivity contribution in [3.05, 3.63) is 52.1 Å². The Morgan fingerprint density at radius 2 is 1.71 bits per heavy atom. The van der Waals surface area contributed by atoms with Crippen molar-refractivity contribution in [1.29, 1.82) is 0 Å². The molecule has 4 heteroatoms. The van der Waals surface area contributed by atoms with Crippen LogP contribution in [0.5, 0.6) is 0 Å². The lowest BCUT2D eigenvalue weighted by Gasteiger charge is -2.06. The smallest absolute Gasteiger partial charge is 0.166 e. The Balaban J connectivity index is 2.36. The summed E-state index contributed by atoms with van der Waals surface area (Å²) in [5, 5.41) is 0.574.